The first-order chi connectivity index (χ1) is 7.06. The SMILES string of the molecule is CC(C)(C)CCn1cnc2c1CCNC2. The van der Waals surface area contributed by atoms with Crippen LogP contribution in [0.4, 0.5) is 0 Å². The number of nitrogens with zero attached hydrogens (tertiary/aromatic N) is 2. The number of hydrogen-bond acceptors (Lipinski definition) is 2. The van der Waals surface area contributed by atoms with E-state index in [0.29, 0.717) is 5.41 Å². The quantitative estimate of drug-likeness (QED) is 0.803. The van der Waals surface area contributed by atoms with Crippen LogP contribution in [0.25, 0.3) is 0 Å². The summed E-state index contributed by atoms with van der Waals surface area (Å²) in [6.07, 6.45) is 4.34. The molecular weight excluding hydrogens is 186 g/mol. The van der Waals surface area contributed by atoms with E-state index in [0.717, 1.165) is 26.1 Å². The molecule has 84 valence electrons. The van der Waals surface area contributed by atoms with Gasteiger partial charge < -0.3 is 9.88 Å². The summed E-state index contributed by atoms with van der Waals surface area (Å²) in [7, 11) is 0. The third-order valence-corrected chi connectivity index (χ3v) is 2.97. The minimum absolute atomic E-state index is 0.407. The largest absolute Gasteiger partial charge is 0.334 e. The maximum absolute atomic E-state index is 4.46. The van der Waals surface area contributed by atoms with Gasteiger partial charge in [0.25, 0.3) is 0 Å². The van der Waals surface area contributed by atoms with Gasteiger partial charge in [0, 0.05) is 31.7 Å². The number of aromatic nitrogens is 2. The third-order valence-electron chi connectivity index (χ3n) is 2.97. The van der Waals surface area contributed by atoms with Crippen molar-refractivity contribution in [2.24, 2.45) is 5.41 Å². The Hall–Kier alpha value is -0.830. The highest BCUT2D eigenvalue weighted by atomic mass is 15.1. The smallest absolute Gasteiger partial charge is 0.0952 e. The molecule has 3 heteroatoms. The summed E-state index contributed by atoms with van der Waals surface area (Å²) in [6.45, 7) is 10.0. The normalized spacial score (nSPS) is 16.5. The molecule has 1 aromatic heterocycles. The monoisotopic (exact) mass is 207 g/mol. The molecule has 2 rings (SSSR count). The van der Waals surface area contributed by atoms with Gasteiger partial charge in [0.1, 0.15) is 0 Å². The van der Waals surface area contributed by atoms with Crippen LogP contribution in [0.3, 0.4) is 0 Å². The molecule has 0 amide bonds. The van der Waals surface area contributed by atoms with E-state index in [1.54, 1.807) is 0 Å². The molecule has 1 N–H and O–H groups in total. The molecule has 1 aliphatic rings. The van der Waals surface area contributed by atoms with E-state index < -0.39 is 0 Å². The summed E-state index contributed by atoms with van der Waals surface area (Å²) in [6, 6.07) is 0. The number of hydrogen-bond donors (Lipinski definition) is 1. The van der Waals surface area contributed by atoms with Crippen molar-refractivity contribution in [2.45, 2.75) is 46.7 Å². The van der Waals surface area contributed by atoms with E-state index in [2.05, 4.69) is 35.6 Å². The van der Waals surface area contributed by atoms with Gasteiger partial charge >= 0.3 is 0 Å². The van der Waals surface area contributed by atoms with Crippen molar-refractivity contribution in [3.63, 3.8) is 0 Å². The van der Waals surface area contributed by atoms with E-state index in [9.17, 15) is 0 Å². The summed E-state index contributed by atoms with van der Waals surface area (Å²) in [4.78, 5) is 4.46. The Morgan fingerprint density at radius 2 is 2.27 bits per heavy atom. The Labute approximate surface area is 91.9 Å². The van der Waals surface area contributed by atoms with Crippen LogP contribution in [0.5, 0.6) is 0 Å². The number of aryl methyl sites for hydroxylation is 1. The lowest BCUT2D eigenvalue weighted by atomic mass is 9.92. The van der Waals surface area contributed by atoms with Crippen LogP contribution in [-0.4, -0.2) is 16.1 Å². The maximum Gasteiger partial charge on any atom is 0.0952 e. The van der Waals surface area contributed by atoms with Crippen LogP contribution < -0.4 is 5.32 Å². The van der Waals surface area contributed by atoms with Crippen LogP contribution in [0.15, 0.2) is 6.33 Å². The van der Waals surface area contributed by atoms with E-state index in [1.807, 2.05) is 6.33 Å². The fraction of sp³-hybridized carbons (Fsp3) is 0.750. The van der Waals surface area contributed by atoms with Gasteiger partial charge in [0.15, 0.2) is 0 Å². The van der Waals surface area contributed by atoms with E-state index >= 15 is 0 Å². The van der Waals surface area contributed by atoms with Crippen LogP contribution in [0.2, 0.25) is 0 Å². The molecule has 1 aliphatic heterocycles. The first kappa shape index (κ1) is 10.7. The Bertz CT molecular complexity index is 333. The number of nitrogens with one attached hydrogen (secondary N) is 1. The molecule has 0 bridgehead atoms. The van der Waals surface area contributed by atoms with Crippen LogP contribution in [0.1, 0.15) is 38.6 Å². The molecule has 0 spiro atoms. The minimum atomic E-state index is 0.407. The molecular formula is C12H21N3. The highest BCUT2D eigenvalue weighted by Gasteiger charge is 2.16. The first-order valence-electron chi connectivity index (χ1n) is 5.80. The molecule has 0 fully saturated rings. The van der Waals surface area contributed by atoms with Crippen molar-refractivity contribution < 1.29 is 0 Å². The van der Waals surface area contributed by atoms with Gasteiger partial charge in [-0.25, -0.2) is 4.98 Å². The van der Waals surface area contributed by atoms with Crippen molar-refractivity contribution in [3.05, 3.63) is 17.7 Å². The van der Waals surface area contributed by atoms with Gasteiger partial charge in [-0.2, -0.15) is 0 Å². The fourth-order valence-electron chi connectivity index (χ4n) is 1.95. The zero-order valence-corrected chi connectivity index (χ0v) is 10.0. The average molecular weight is 207 g/mol. The highest BCUT2D eigenvalue weighted by molar-refractivity contribution is 5.16. The molecule has 15 heavy (non-hydrogen) atoms. The van der Waals surface area contributed by atoms with E-state index in [1.165, 1.54) is 17.8 Å². The predicted octanol–water partition coefficient (Wildman–Crippen LogP) is 1.96. The lowest BCUT2D eigenvalue weighted by Gasteiger charge is -2.20. The van der Waals surface area contributed by atoms with Crippen molar-refractivity contribution in [2.75, 3.05) is 6.54 Å². The second kappa shape index (κ2) is 3.97. The first-order valence-corrected chi connectivity index (χ1v) is 5.80. The topological polar surface area (TPSA) is 29.9 Å². The Morgan fingerprint density at radius 3 is 3.00 bits per heavy atom. The summed E-state index contributed by atoms with van der Waals surface area (Å²) >= 11 is 0. The zero-order valence-electron chi connectivity index (χ0n) is 10.0. The molecule has 0 aliphatic carbocycles. The lowest BCUT2D eigenvalue weighted by Crippen LogP contribution is -2.25. The predicted molar refractivity (Wildman–Crippen MR) is 61.7 cm³/mol. The second-order valence-corrected chi connectivity index (χ2v) is 5.57. The summed E-state index contributed by atoms with van der Waals surface area (Å²) in [5, 5.41) is 3.35. The molecule has 0 radical (unpaired) electrons. The molecule has 3 nitrogen and oxygen atoms in total. The molecule has 0 aromatic carbocycles. The maximum atomic E-state index is 4.46. The van der Waals surface area contributed by atoms with Gasteiger partial charge in [0.2, 0.25) is 0 Å². The Kier molecular flexibility index (Phi) is 2.83. The van der Waals surface area contributed by atoms with E-state index in [-0.39, 0.29) is 0 Å². The summed E-state index contributed by atoms with van der Waals surface area (Å²) in [5.74, 6) is 0. The van der Waals surface area contributed by atoms with Crippen molar-refractivity contribution in [3.8, 4) is 0 Å². The molecule has 0 saturated carbocycles. The molecule has 0 unspecified atom stereocenters. The minimum Gasteiger partial charge on any atom is -0.334 e. The number of imidazole rings is 1. The number of fused-ring (bicyclic) bond motifs is 1. The standard InChI is InChI=1S/C12H21N3/c1-12(2,3)5-7-15-9-14-10-8-13-6-4-11(10)15/h9,13H,4-8H2,1-3H3. The van der Waals surface area contributed by atoms with Crippen molar-refractivity contribution >= 4 is 0 Å². The van der Waals surface area contributed by atoms with Gasteiger partial charge in [-0.05, 0) is 11.8 Å². The average Bonchev–Trinajstić information content (AvgIpc) is 2.57. The molecule has 2 heterocycles. The van der Waals surface area contributed by atoms with E-state index in [4.69, 9.17) is 0 Å². The van der Waals surface area contributed by atoms with Crippen LogP contribution in [0, 0.1) is 5.41 Å². The lowest BCUT2D eigenvalue weighted by molar-refractivity contribution is 0.347. The summed E-state index contributed by atoms with van der Waals surface area (Å²) < 4.78 is 2.33. The third kappa shape index (κ3) is 2.59. The summed E-state index contributed by atoms with van der Waals surface area (Å²) in [5.41, 5.74) is 3.09. The van der Waals surface area contributed by atoms with Gasteiger partial charge in [-0.3, -0.25) is 0 Å². The van der Waals surface area contributed by atoms with Gasteiger partial charge in [-0.1, -0.05) is 20.8 Å². The second-order valence-electron chi connectivity index (χ2n) is 5.57. The fourth-order valence-corrected chi connectivity index (χ4v) is 1.95. The highest BCUT2D eigenvalue weighted by Crippen LogP contribution is 2.21. The van der Waals surface area contributed by atoms with Crippen molar-refractivity contribution in [1.29, 1.82) is 0 Å². The zero-order chi connectivity index (χ0) is 10.9. The van der Waals surface area contributed by atoms with Gasteiger partial charge in [0.05, 0.1) is 12.0 Å². The van der Waals surface area contributed by atoms with Crippen LogP contribution in [-0.2, 0) is 19.5 Å². The molecule has 0 atom stereocenters. The van der Waals surface area contributed by atoms with Crippen molar-refractivity contribution in [1.82, 2.24) is 14.9 Å². The Morgan fingerprint density at radius 1 is 1.47 bits per heavy atom. The Balaban J connectivity index is 2.06. The molecule has 0 saturated heterocycles. The molecule has 1 aromatic rings. The van der Waals surface area contributed by atoms with Gasteiger partial charge in [-0.15, -0.1) is 0 Å². The number of rotatable bonds is 2. The van der Waals surface area contributed by atoms with Crippen LogP contribution >= 0.6 is 0 Å².